The summed E-state index contributed by atoms with van der Waals surface area (Å²) in [4.78, 5) is 22.2. The van der Waals surface area contributed by atoms with Crippen LogP contribution in [0.3, 0.4) is 0 Å². The molecule has 1 atom stereocenters. The minimum Gasteiger partial charge on any atom is -0.377 e. The third-order valence-corrected chi connectivity index (χ3v) is 5.36. The van der Waals surface area contributed by atoms with Crippen LogP contribution < -0.4 is 5.56 Å². The van der Waals surface area contributed by atoms with Crippen LogP contribution in [0.1, 0.15) is 18.4 Å². The number of thioether (sulfide) groups is 1. The zero-order valence-electron chi connectivity index (χ0n) is 14.0. The van der Waals surface area contributed by atoms with Crippen molar-refractivity contribution in [2.45, 2.75) is 31.0 Å². The zero-order chi connectivity index (χ0) is 17.2. The van der Waals surface area contributed by atoms with Crippen molar-refractivity contribution in [2.75, 3.05) is 12.4 Å². The van der Waals surface area contributed by atoms with Crippen LogP contribution in [0.4, 0.5) is 0 Å². The van der Waals surface area contributed by atoms with Crippen molar-refractivity contribution in [3.05, 3.63) is 58.5 Å². The van der Waals surface area contributed by atoms with E-state index in [0.29, 0.717) is 21.9 Å². The monoisotopic (exact) mass is 353 g/mol. The molecule has 0 N–H and O–H groups in total. The van der Waals surface area contributed by atoms with Gasteiger partial charge in [0.05, 0.1) is 17.0 Å². The van der Waals surface area contributed by atoms with Gasteiger partial charge in [-0.3, -0.25) is 4.79 Å². The molecule has 1 unspecified atom stereocenters. The molecule has 0 spiro atoms. The van der Waals surface area contributed by atoms with E-state index in [1.807, 2.05) is 43.3 Å². The minimum atomic E-state index is -0.0863. The Morgan fingerprint density at radius 3 is 2.92 bits per heavy atom. The van der Waals surface area contributed by atoms with Crippen molar-refractivity contribution >= 4 is 22.7 Å². The van der Waals surface area contributed by atoms with Gasteiger partial charge in [-0.25, -0.2) is 14.5 Å². The second-order valence-electron chi connectivity index (χ2n) is 6.19. The van der Waals surface area contributed by atoms with Crippen LogP contribution in [0.15, 0.2) is 52.5 Å². The molecule has 3 heterocycles. The van der Waals surface area contributed by atoms with E-state index in [-0.39, 0.29) is 11.7 Å². The molecule has 1 fully saturated rings. The fourth-order valence-electron chi connectivity index (χ4n) is 2.95. The largest absolute Gasteiger partial charge is 0.377 e. The zero-order valence-corrected chi connectivity index (χ0v) is 14.8. The normalized spacial score (nSPS) is 17.2. The predicted octanol–water partition coefficient (Wildman–Crippen LogP) is 3.36. The highest BCUT2D eigenvalue weighted by Crippen LogP contribution is 2.24. The number of hydrogen-bond acceptors (Lipinski definition) is 5. The summed E-state index contributed by atoms with van der Waals surface area (Å²) in [5.74, 6) is 1.39. The maximum atomic E-state index is 13.1. The Labute approximate surface area is 150 Å². The highest BCUT2D eigenvalue weighted by molar-refractivity contribution is 7.99. The van der Waals surface area contributed by atoms with Gasteiger partial charge in [-0.2, -0.15) is 0 Å². The first-order valence-corrected chi connectivity index (χ1v) is 9.40. The van der Waals surface area contributed by atoms with E-state index >= 15 is 0 Å². The summed E-state index contributed by atoms with van der Waals surface area (Å²) in [5.41, 5.74) is 1.68. The molecule has 3 aromatic rings. The van der Waals surface area contributed by atoms with E-state index < -0.39 is 0 Å². The van der Waals surface area contributed by atoms with Gasteiger partial charge in [-0.05, 0) is 43.5 Å². The summed E-state index contributed by atoms with van der Waals surface area (Å²) < 4.78 is 7.31. The molecule has 5 nitrogen and oxygen atoms in total. The van der Waals surface area contributed by atoms with Crippen LogP contribution in [0.2, 0.25) is 0 Å². The van der Waals surface area contributed by atoms with E-state index in [1.54, 1.807) is 22.5 Å². The topological polar surface area (TPSA) is 57.0 Å². The number of ether oxygens (including phenoxy) is 1. The van der Waals surface area contributed by atoms with Crippen LogP contribution in [-0.2, 0) is 4.74 Å². The molecule has 1 saturated heterocycles. The van der Waals surface area contributed by atoms with Gasteiger partial charge in [0, 0.05) is 18.6 Å². The maximum Gasteiger partial charge on any atom is 0.267 e. The van der Waals surface area contributed by atoms with Gasteiger partial charge in [0.15, 0.2) is 5.16 Å². The van der Waals surface area contributed by atoms with Gasteiger partial charge in [-0.15, -0.1) is 0 Å². The Morgan fingerprint density at radius 1 is 1.28 bits per heavy atom. The number of nitrogens with zero attached hydrogens (tertiary/aromatic N) is 3. The molecule has 25 heavy (non-hydrogen) atoms. The molecule has 1 aliphatic heterocycles. The smallest absolute Gasteiger partial charge is 0.267 e. The Morgan fingerprint density at radius 2 is 2.16 bits per heavy atom. The summed E-state index contributed by atoms with van der Waals surface area (Å²) in [6.45, 7) is 2.80. The minimum absolute atomic E-state index is 0.0863. The summed E-state index contributed by atoms with van der Waals surface area (Å²) in [5, 5.41) is 1.27. The summed E-state index contributed by atoms with van der Waals surface area (Å²) >= 11 is 1.56. The predicted molar refractivity (Wildman–Crippen MR) is 99.6 cm³/mol. The first kappa shape index (κ1) is 16.3. The Balaban J connectivity index is 1.81. The lowest BCUT2D eigenvalue weighted by atomic mass is 10.2. The number of hydrogen-bond donors (Lipinski definition) is 0. The molecule has 1 aliphatic rings. The van der Waals surface area contributed by atoms with Crippen LogP contribution in [0.5, 0.6) is 0 Å². The number of pyridine rings is 1. The fourth-order valence-corrected chi connectivity index (χ4v) is 4.01. The van der Waals surface area contributed by atoms with Crippen molar-refractivity contribution in [1.29, 1.82) is 0 Å². The lowest BCUT2D eigenvalue weighted by Gasteiger charge is -2.14. The molecular weight excluding hydrogens is 334 g/mol. The van der Waals surface area contributed by atoms with E-state index in [9.17, 15) is 4.79 Å². The van der Waals surface area contributed by atoms with E-state index in [0.717, 1.165) is 30.8 Å². The van der Waals surface area contributed by atoms with Crippen molar-refractivity contribution in [3.8, 4) is 5.82 Å². The van der Waals surface area contributed by atoms with Crippen molar-refractivity contribution in [1.82, 2.24) is 14.5 Å². The van der Waals surface area contributed by atoms with Gasteiger partial charge in [0.2, 0.25) is 0 Å². The van der Waals surface area contributed by atoms with Gasteiger partial charge < -0.3 is 4.74 Å². The average molecular weight is 353 g/mol. The highest BCUT2D eigenvalue weighted by atomic mass is 32.2. The molecule has 0 radical (unpaired) electrons. The number of rotatable bonds is 4. The van der Waals surface area contributed by atoms with Gasteiger partial charge in [0.25, 0.3) is 5.56 Å². The van der Waals surface area contributed by atoms with E-state index in [4.69, 9.17) is 9.72 Å². The second kappa shape index (κ2) is 6.98. The van der Waals surface area contributed by atoms with Gasteiger partial charge in [-0.1, -0.05) is 30.0 Å². The average Bonchev–Trinajstić information content (AvgIpc) is 3.15. The van der Waals surface area contributed by atoms with E-state index in [1.165, 1.54) is 0 Å². The highest BCUT2D eigenvalue weighted by Gasteiger charge is 2.19. The number of fused-ring (bicyclic) bond motifs is 1. The summed E-state index contributed by atoms with van der Waals surface area (Å²) in [7, 11) is 0. The lowest BCUT2D eigenvalue weighted by Crippen LogP contribution is -2.23. The molecule has 1 aromatic carbocycles. The van der Waals surface area contributed by atoms with Crippen LogP contribution in [0, 0.1) is 6.92 Å². The molecule has 128 valence electrons. The Kier molecular flexibility index (Phi) is 4.55. The first-order chi connectivity index (χ1) is 12.2. The number of benzene rings is 1. The first-order valence-electron chi connectivity index (χ1n) is 8.41. The van der Waals surface area contributed by atoms with Crippen molar-refractivity contribution < 1.29 is 4.74 Å². The number of para-hydroxylation sites is 1. The van der Waals surface area contributed by atoms with Crippen molar-refractivity contribution in [3.63, 3.8) is 0 Å². The standard InChI is InChI=1S/C19H19N3O2S/c1-13-8-9-17(20-11-13)22-18(23)15-6-2-3-7-16(15)21-19(22)25-12-14-5-4-10-24-14/h2-3,6-9,11,14H,4-5,10,12H2,1H3. The maximum absolute atomic E-state index is 13.1. The third-order valence-electron chi connectivity index (χ3n) is 4.29. The van der Waals surface area contributed by atoms with Crippen LogP contribution >= 0.6 is 11.8 Å². The second-order valence-corrected chi connectivity index (χ2v) is 7.18. The fraction of sp³-hybridized carbons (Fsp3) is 0.316. The number of aryl methyl sites for hydroxylation is 1. The quantitative estimate of drug-likeness (QED) is 0.532. The molecule has 0 bridgehead atoms. The van der Waals surface area contributed by atoms with Crippen LogP contribution in [-0.4, -0.2) is 33.0 Å². The molecule has 0 saturated carbocycles. The molecule has 0 aliphatic carbocycles. The summed E-state index contributed by atoms with van der Waals surface area (Å²) in [6, 6.07) is 11.3. The van der Waals surface area contributed by atoms with Crippen LogP contribution in [0.25, 0.3) is 16.7 Å². The molecule has 4 rings (SSSR count). The molecule has 6 heteroatoms. The van der Waals surface area contributed by atoms with Crippen molar-refractivity contribution in [2.24, 2.45) is 0 Å². The third kappa shape index (κ3) is 3.32. The number of aromatic nitrogens is 3. The molecule has 2 aromatic heterocycles. The summed E-state index contributed by atoms with van der Waals surface area (Å²) in [6.07, 6.45) is 4.16. The molecular formula is C19H19N3O2S. The van der Waals surface area contributed by atoms with Gasteiger partial charge in [0.1, 0.15) is 5.82 Å². The van der Waals surface area contributed by atoms with Gasteiger partial charge >= 0.3 is 0 Å². The Bertz CT molecular complexity index is 947. The molecule has 0 amide bonds. The Hall–Kier alpha value is -2.18. The SMILES string of the molecule is Cc1ccc(-n2c(SCC3CCCO3)nc3ccccc3c2=O)nc1. The lowest BCUT2D eigenvalue weighted by molar-refractivity contribution is 0.129. The van der Waals surface area contributed by atoms with E-state index in [2.05, 4.69) is 4.98 Å².